The fourth-order valence-corrected chi connectivity index (χ4v) is 2.28. The number of carbonyl (C=O) groups excluding carboxylic acids is 1. The van der Waals surface area contributed by atoms with Gasteiger partial charge in [0.15, 0.2) is 6.73 Å². The van der Waals surface area contributed by atoms with Crippen LogP contribution in [0.2, 0.25) is 0 Å². The van der Waals surface area contributed by atoms with Gasteiger partial charge in [-0.25, -0.2) is 4.68 Å². The molecule has 10 heteroatoms. The quantitative estimate of drug-likeness (QED) is 0.673. The number of amides is 1. The highest BCUT2D eigenvalue weighted by molar-refractivity contribution is 9.10. The van der Waals surface area contributed by atoms with Gasteiger partial charge in [-0.1, -0.05) is 15.9 Å². The summed E-state index contributed by atoms with van der Waals surface area (Å²) < 4.78 is 33.8. The van der Waals surface area contributed by atoms with Crippen LogP contribution in [0.25, 0.3) is 0 Å². The van der Waals surface area contributed by atoms with E-state index in [2.05, 4.69) is 31.4 Å². The molecule has 0 unspecified atom stereocenters. The lowest BCUT2D eigenvalue weighted by atomic mass is 10.3. The van der Waals surface area contributed by atoms with Gasteiger partial charge in [0.25, 0.3) is 5.91 Å². The summed E-state index contributed by atoms with van der Waals surface area (Å²) in [4.78, 5) is 12.0. The monoisotopic (exact) mass is 411 g/mol. The molecule has 2 aromatic heterocycles. The predicted octanol–water partition coefficient (Wildman–Crippen LogP) is 3.53. The molecular weight excluding hydrogens is 400 g/mol. The molecule has 0 radical (unpaired) electrons. The maximum Gasteiger partial charge on any atom is 0.333 e. The second kappa shape index (κ2) is 7.43. The standard InChI is InChI=1S/C15H12BrF2N5O2/c16-10-1-3-12(4-2-10)25-9-22-8-11(7-20-22)21-14(24)13-5-6-19-23(13)15(17)18/h1-8,15H,9H2,(H,21,24). The normalized spacial score (nSPS) is 10.9. The average Bonchev–Trinajstić information content (AvgIpc) is 3.23. The van der Waals surface area contributed by atoms with E-state index in [0.717, 1.165) is 10.7 Å². The lowest BCUT2D eigenvalue weighted by Gasteiger charge is -2.06. The summed E-state index contributed by atoms with van der Waals surface area (Å²) in [6.07, 6.45) is 4.06. The molecule has 130 valence electrons. The van der Waals surface area contributed by atoms with Crippen LogP contribution in [0, 0.1) is 0 Å². The van der Waals surface area contributed by atoms with Crippen molar-refractivity contribution in [2.24, 2.45) is 0 Å². The Morgan fingerprint density at radius 1 is 1.24 bits per heavy atom. The van der Waals surface area contributed by atoms with E-state index < -0.39 is 12.5 Å². The first-order chi connectivity index (χ1) is 12.0. The lowest BCUT2D eigenvalue weighted by Crippen LogP contribution is -2.18. The van der Waals surface area contributed by atoms with Gasteiger partial charge in [-0.05, 0) is 30.3 Å². The van der Waals surface area contributed by atoms with Crippen LogP contribution in [0.3, 0.4) is 0 Å². The SMILES string of the molecule is O=C(Nc1cnn(COc2ccc(Br)cc2)c1)c1ccnn1C(F)F. The van der Waals surface area contributed by atoms with Crippen molar-refractivity contribution in [2.45, 2.75) is 13.3 Å². The fraction of sp³-hybridized carbons (Fsp3) is 0.133. The molecule has 3 rings (SSSR count). The number of hydrogen-bond acceptors (Lipinski definition) is 4. The van der Waals surface area contributed by atoms with E-state index in [4.69, 9.17) is 4.74 Å². The van der Waals surface area contributed by atoms with Crippen molar-refractivity contribution < 1.29 is 18.3 Å². The number of carbonyl (C=O) groups is 1. The maximum absolute atomic E-state index is 12.7. The Labute approximate surface area is 149 Å². The molecule has 0 aliphatic heterocycles. The van der Waals surface area contributed by atoms with Gasteiger partial charge in [0.1, 0.15) is 11.4 Å². The summed E-state index contributed by atoms with van der Waals surface area (Å²) in [7, 11) is 0. The summed E-state index contributed by atoms with van der Waals surface area (Å²) >= 11 is 3.33. The number of nitrogens with zero attached hydrogens (tertiary/aromatic N) is 4. The minimum absolute atomic E-state index is 0.131. The van der Waals surface area contributed by atoms with Crippen LogP contribution < -0.4 is 10.1 Å². The van der Waals surface area contributed by atoms with E-state index in [1.54, 1.807) is 12.1 Å². The highest BCUT2D eigenvalue weighted by atomic mass is 79.9. The molecule has 25 heavy (non-hydrogen) atoms. The van der Waals surface area contributed by atoms with Crippen molar-refractivity contribution in [3.05, 3.63) is 59.1 Å². The van der Waals surface area contributed by atoms with Gasteiger partial charge >= 0.3 is 6.55 Å². The van der Waals surface area contributed by atoms with Crippen molar-refractivity contribution >= 4 is 27.5 Å². The Morgan fingerprint density at radius 2 is 2.00 bits per heavy atom. The predicted molar refractivity (Wildman–Crippen MR) is 88.4 cm³/mol. The molecule has 0 bridgehead atoms. The van der Waals surface area contributed by atoms with Crippen molar-refractivity contribution in [2.75, 3.05) is 5.32 Å². The molecule has 0 fully saturated rings. The van der Waals surface area contributed by atoms with E-state index >= 15 is 0 Å². The number of alkyl halides is 2. The Morgan fingerprint density at radius 3 is 2.72 bits per heavy atom. The Bertz CT molecular complexity index is 863. The number of benzene rings is 1. The first-order valence-corrected chi connectivity index (χ1v) is 7.86. The molecule has 1 N–H and O–H groups in total. The molecule has 0 aliphatic rings. The van der Waals surface area contributed by atoms with Gasteiger partial charge in [0.05, 0.1) is 18.1 Å². The Hall–Kier alpha value is -2.75. The zero-order chi connectivity index (χ0) is 17.8. The average molecular weight is 412 g/mol. The van der Waals surface area contributed by atoms with E-state index in [1.165, 1.54) is 23.1 Å². The molecule has 0 atom stereocenters. The molecule has 0 saturated carbocycles. The second-order valence-electron chi connectivity index (χ2n) is 4.89. The van der Waals surface area contributed by atoms with Crippen LogP contribution in [0.5, 0.6) is 5.75 Å². The van der Waals surface area contributed by atoms with Gasteiger partial charge in [-0.15, -0.1) is 0 Å². The van der Waals surface area contributed by atoms with Gasteiger partial charge in [-0.2, -0.15) is 23.7 Å². The van der Waals surface area contributed by atoms with Gasteiger partial charge in [0, 0.05) is 10.7 Å². The van der Waals surface area contributed by atoms with E-state index in [-0.39, 0.29) is 12.4 Å². The molecule has 1 aromatic carbocycles. The lowest BCUT2D eigenvalue weighted by molar-refractivity contribution is 0.0520. The third-order valence-electron chi connectivity index (χ3n) is 3.16. The van der Waals surface area contributed by atoms with Gasteiger partial charge < -0.3 is 10.1 Å². The zero-order valence-corrected chi connectivity index (χ0v) is 14.2. The molecule has 1 amide bonds. The topological polar surface area (TPSA) is 74.0 Å². The number of halogens is 3. The van der Waals surface area contributed by atoms with Crippen LogP contribution in [-0.2, 0) is 6.73 Å². The van der Waals surface area contributed by atoms with Crippen LogP contribution in [0.4, 0.5) is 14.5 Å². The highest BCUT2D eigenvalue weighted by Gasteiger charge is 2.18. The maximum atomic E-state index is 12.7. The number of nitrogens with one attached hydrogen (secondary N) is 1. The van der Waals surface area contributed by atoms with Gasteiger partial charge in [0.2, 0.25) is 0 Å². The van der Waals surface area contributed by atoms with Crippen molar-refractivity contribution in [3.8, 4) is 5.75 Å². The van der Waals surface area contributed by atoms with Crippen LogP contribution >= 0.6 is 15.9 Å². The zero-order valence-electron chi connectivity index (χ0n) is 12.6. The molecule has 3 aromatic rings. The third-order valence-corrected chi connectivity index (χ3v) is 3.68. The molecule has 0 aliphatic carbocycles. The summed E-state index contributed by atoms with van der Waals surface area (Å²) in [5.74, 6) is -0.0451. The fourth-order valence-electron chi connectivity index (χ4n) is 2.01. The number of hydrogen-bond donors (Lipinski definition) is 1. The van der Waals surface area contributed by atoms with Crippen molar-refractivity contribution in [1.82, 2.24) is 19.6 Å². The summed E-state index contributed by atoms with van der Waals surface area (Å²) in [5.41, 5.74) is 0.111. The van der Waals surface area contributed by atoms with Crippen molar-refractivity contribution in [3.63, 3.8) is 0 Å². The third kappa shape index (κ3) is 4.21. The van der Waals surface area contributed by atoms with E-state index in [0.29, 0.717) is 16.1 Å². The number of anilines is 1. The second-order valence-corrected chi connectivity index (χ2v) is 5.80. The minimum Gasteiger partial charge on any atom is -0.471 e. The van der Waals surface area contributed by atoms with E-state index in [1.807, 2.05) is 12.1 Å². The molecule has 0 saturated heterocycles. The number of rotatable bonds is 6. The smallest absolute Gasteiger partial charge is 0.333 e. The van der Waals surface area contributed by atoms with Crippen molar-refractivity contribution in [1.29, 1.82) is 0 Å². The number of aromatic nitrogens is 4. The number of ether oxygens (including phenoxy) is 1. The largest absolute Gasteiger partial charge is 0.471 e. The van der Waals surface area contributed by atoms with Crippen LogP contribution in [0.15, 0.2) is 53.4 Å². The summed E-state index contributed by atoms with van der Waals surface area (Å²) in [5, 5.41) is 9.94. The van der Waals surface area contributed by atoms with Crippen LogP contribution in [-0.4, -0.2) is 25.5 Å². The first kappa shape index (κ1) is 17.1. The molecule has 7 nitrogen and oxygen atoms in total. The molecule has 0 spiro atoms. The molecular formula is C15H12BrF2N5O2. The summed E-state index contributed by atoms with van der Waals surface area (Å²) in [6.45, 7) is -2.76. The minimum atomic E-state index is -2.89. The summed E-state index contributed by atoms with van der Waals surface area (Å²) in [6, 6.07) is 8.48. The van der Waals surface area contributed by atoms with E-state index in [9.17, 15) is 13.6 Å². The first-order valence-electron chi connectivity index (χ1n) is 7.07. The highest BCUT2D eigenvalue weighted by Crippen LogP contribution is 2.17. The van der Waals surface area contributed by atoms with Gasteiger partial charge in [-0.3, -0.25) is 4.79 Å². The molecule has 2 heterocycles. The Balaban J connectivity index is 1.60. The Kier molecular flexibility index (Phi) is 5.08. The van der Waals surface area contributed by atoms with Crippen LogP contribution in [0.1, 0.15) is 17.0 Å².